The molecule has 4 heteroatoms. The second-order valence-electron chi connectivity index (χ2n) is 5.42. The molecule has 0 unspecified atom stereocenters. The van der Waals surface area contributed by atoms with Gasteiger partial charge in [0.05, 0.1) is 12.1 Å². The van der Waals surface area contributed by atoms with Gasteiger partial charge >= 0.3 is 6.03 Å². The maximum Gasteiger partial charge on any atom is 0.315 e. The molecule has 1 aromatic carbocycles. The van der Waals surface area contributed by atoms with Crippen molar-refractivity contribution >= 4 is 6.03 Å². The second-order valence-corrected chi connectivity index (χ2v) is 5.42. The van der Waals surface area contributed by atoms with E-state index >= 15 is 0 Å². The van der Waals surface area contributed by atoms with E-state index in [1.165, 1.54) is 11.1 Å². The van der Waals surface area contributed by atoms with Crippen LogP contribution in [0.25, 0.3) is 0 Å². The molecule has 2 atom stereocenters. The Bertz CT molecular complexity index is 442. The Hall–Kier alpha value is -1.55. The van der Waals surface area contributed by atoms with Gasteiger partial charge in [-0.2, -0.15) is 0 Å². The molecule has 2 amide bonds. The molecule has 1 saturated heterocycles. The highest BCUT2D eigenvalue weighted by atomic mass is 16.5. The average Bonchev–Trinajstić information content (AvgIpc) is 2.95. The fourth-order valence-electron chi connectivity index (χ4n) is 2.55. The average molecular weight is 276 g/mol. The first-order valence-corrected chi connectivity index (χ1v) is 7.37. The van der Waals surface area contributed by atoms with Crippen molar-refractivity contribution in [1.29, 1.82) is 0 Å². The number of rotatable bonds is 5. The number of urea groups is 1. The Morgan fingerprint density at radius 3 is 2.95 bits per heavy atom. The molecule has 0 aliphatic carbocycles. The third-order valence-electron chi connectivity index (χ3n) is 3.82. The van der Waals surface area contributed by atoms with Gasteiger partial charge < -0.3 is 15.4 Å². The number of hydrogen-bond acceptors (Lipinski definition) is 2. The molecular weight excluding hydrogens is 252 g/mol. The molecule has 1 fully saturated rings. The van der Waals surface area contributed by atoms with E-state index in [-0.39, 0.29) is 18.2 Å². The van der Waals surface area contributed by atoms with E-state index < -0.39 is 0 Å². The topological polar surface area (TPSA) is 50.4 Å². The number of ether oxygens (including phenoxy) is 1. The summed E-state index contributed by atoms with van der Waals surface area (Å²) in [5, 5.41) is 5.85. The van der Waals surface area contributed by atoms with Gasteiger partial charge in [0.15, 0.2) is 0 Å². The number of aryl methyl sites for hydroxylation is 1. The highest BCUT2D eigenvalue weighted by Crippen LogP contribution is 2.15. The van der Waals surface area contributed by atoms with Crippen LogP contribution in [0.5, 0.6) is 0 Å². The van der Waals surface area contributed by atoms with Crippen LogP contribution in [-0.4, -0.2) is 31.3 Å². The predicted octanol–water partition coefficient (Wildman–Crippen LogP) is 2.40. The number of amides is 2. The van der Waals surface area contributed by atoms with Crippen molar-refractivity contribution in [2.24, 2.45) is 0 Å². The number of hydrogen-bond donors (Lipinski definition) is 2. The lowest BCUT2D eigenvalue weighted by molar-refractivity contribution is 0.0860. The highest BCUT2D eigenvalue weighted by Gasteiger charge is 2.23. The first-order chi connectivity index (χ1) is 9.66. The van der Waals surface area contributed by atoms with Gasteiger partial charge in [-0.1, -0.05) is 24.3 Å². The van der Waals surface area contributed by atoms with Crippen molar-refractivity contribution in [3.63, 3.8) is 0 Å². The van der Waals surface area contributed by atoms with Crippen molar-refractivity contribution in [2.75, 3.05) is 13.2 Å². The van der Waals surface area contributed by atoms with Crippen molar-refractivity contribution in [3.05, 3.63) is 35.4 Å². The van der Waals surface area contributed by atoms with E-state index in [1.807, 2.05) is 19.1 Å². The van der Waals surface area contributed by atoms with Gasteiger partial charge in [-0.05, 0) is 44.2 Å². The molecule has 0 bridgehead atoms. The molecule has 4 nitrogen and oxygen atoms in total. The lowest BCUT2D eigenvalue weighted by atomic mass is 10.1. The Morgan fingerprint density at radius 2 is 2.25 bits per heavy atom. The minimum atomic E-state index is -0.110. The van der Waals surface area contributed by atoms with Gasteiger partial charge in [0.25, 0.3) is 0 Å². The zero-order chi connectivity index (χ0) is 14.4. The Balaban J connectivity index is 1.68. The molecular formula is C16H24N2O2. The number of nitrogens with one attached hydrogen (secondary N) is 2. The summed E-state index contributed by atoms with van der Waals surface area (Å²) in [6.45, 7) is 5.55. The zero-order valence-electron chi connectivity index (χ0n) is 12.3. The molecule has 1 heterocycles. The summed E-state index contributed by atoms with van der Waals surface area (Å²) < 4.78 is 5.56. The quantitative estimate of drug-likeness (QED) is 0.867. The summed E-state index contributed by atoms with van der Waals surface area (Å²) in [5.41, 5.74) is 2.54. The van der Waals surface area contributed by atoms with Crippen LogP contribution in [0.15, 0.2) is 24.3 Å². The lowest BCUT2D eigenvalue weighted by Crippen LogP contribution is -2.46. The third kappa shape index (κ3) is 4.23. The van der Waals surface area contributed by atoms with Crippen LogP contribution in [-0.2, 0) is 11.2 Å². The number of carbonyl (C=O) groups is 1. The van der Waals surface area contributed by atoms with Gasteiger partial charge in [0.2, 0.25) is 0 Å². The maximum atomic E-state index is 11.8. The van der Waals surface area contributed by atoms with E-state index in [2.05, 4.69) is 29.7 Å². The van der Waals surface area contributed by atoms with Crippen LogP contribution in [0, 0.1) is 6.92 Å². The van der Waals surface area contributed by atoms with E-state index in [4.69, 9.17) is 4.74 Å². The van der Waals surface area contributed by atoms with E-state index in [0.29, 0.717) is 6.54 Å². The Kier molecular flexibility index (Phi) is 5.41. The fraction of sp³-hybridized carbons (Fsp3) is 0.562. The molecule has 1 aliphatic rings. The number of benzene rings is 1. The minimum Gasteiger partial charge on any atom is -0.376 e. The van der Waals surface area contributed by atoms with Gasteiger partial charge in [0, 0.05) is 13.2 Å². The summed E-state index contributed by atoms with van der Waals surface area (Å²) in [6, 6.07) is 8.21. The van der Waals surface area contributed by atoms with Crippen LogP contribution < -0.4 is 10.6 Å². The van der Waals surface area contributed by atoms with Crippen molar-refractivity contribution in [1.82, 2.24) is 10.6 Å². The molecule has 0 radical (unpaired) electrons. The molecule has 1 aromatic rings. The first-order valence-electron chi connectivity index (χ1n) is 7.37. The van der Waals surface area contributed by atoms with Crippen molar-refractivity contribution in [3.8, 4) is 0 Å². The van der Waals surface area contributed by atoms with Crippen LogP contribution in [0.1, 0.15) is 30.9 Å². The predicted molar refractivity (Wildman–Crippen MR) is 79.9 cm³/mol. The summed E-state index contributed by atoms with van der Waals surface area (Å²) in [6.07, 6.45) is 3.14. The SMILES string of the molecule is Cc1ccccc1CCNC(=O)N[C@@H](C)[C@H]1CCCO1. The van der Waals surface area contributed by atoms with Crippen LogP contribution in [0.3, 0.4) is 0 Å². The number of carbonyl (C=O) groups excluding carboxylic acids is 1. The van der Waals surface area contributed by atoms with Gasteiger partial charge in [-0.3, -0.25) is 0 Å². The van der Waals surface area contributed by atoms with Crippen molar-refractivity contribution < 1.29 is 9.53 Å². The summed E-state index contributed by atoms with van der Waals surface area (Å²) in [7, 11) is 0. The standard InChI is InChI=1S/C16H24N2O2/c1-12-6-3-4-7-14(12)9-10-17-16(19)18-13(2)15-8-5-11-20-15/h3-4,6-7,13,15H,5,8-11H2,1-2H3,(H2,17,18,19)/t13-,15+/m0/s1. The van der Waals surface area contributed by atoms with Crippen LogP contribution in [0.4, 0.5) is 4.79 Å². The summed E-state index contributed by atoms with van der Waals surface area (Å²) >= 11 is 0. The smallest absolute Gasteiger partial charge is 0.315 e. The third-order valence-corrected chi connectivity index (χ3v) is 3.82. The molecule has 0 saturated carbocycles. The van der Waals surface area contributed by atoms with Crippen LogP contribution >= 0.6 is 0 Å². The lowest BCUT2D eigenvalue weighted by Gasteiger charge is -2.20. The normalized spacial score (nSPS) is 19.6. The maximum absolute atomic E-state index is 11.8. The highest BCUT2D eigenvalue weighted by molar-refractivity contribution is 5.74. The molecule has 110 valence electrons. The Morgan fingerprint density at radius 1 is 1.45 bits per heavy atom. The van der Waals surface area contributed by atoms with E-state index in [9.17, 15) is 4.79 Å². The monoisotopic (exact) mass is 276 g/mol. The molecule has 20 heavy (non-hydrogen) atoms. The zero-order valence-corrected chi connectivity index (χ0v) is 12.3. The molecule has 0 spiro atoms. The fourth-order valence-corrected chi connectivity index (χ4v) is 2.55. The van der Waals surface area contributed by atoms with E-state index in [1.54, 1.807) is 0 Å². The van der Waals surface area contributed by atoms with E-state index in [0.717, 1.165) is 25.9 Å². The molecule has 0 aromatic heterocycles. The minimum absolute atomic E-state index is 0.0657. The first kappa shape index (κ1) is 14.9. The molecule has 1 aliphatic heterocycles. The van der Waals surface area contributed by atoms with Crippen molar-refractivity contribution in [2.45, 2.75) is 45.3 Å². The van der Waals surface area contributed by atoms with Gasteiger partial charge in [0.1, 0.15) is 0 Å². The molecule has 2 rings (SSSR count). The molecule has 2 N–H and O–H groups in total. The summed E-state index contributed by atoms with van der Waals surface area (Å²) in [4.78, 5) is 11.8. The summed E-state index contributed by atoms with van der Waals surface area (Å²) in [5.74, 6) is 0. The Labute approximate surface area is 120 Å². The second kappa shape index (κ2) is 7.29. The van der Waals surface area contributed by atoms with Gasteiger partial charge in [-0.15, -0.1) is 0 Å². The van der Waals surface area contributed by atoms with Gasteiger partial charge in [-0.25, -0.2) is 4.79 Å². The van der Waals surface area contributed by atoms with Crippen LogP contribution in [0.2, 0.25) is 0 Å². The largest absolute Gasteiger partial charge is 0.376 e.